The first kappa shape index (κ1) is 22.7. The van der Waals surface area contributed by atoms with Gasteiger partial charge in [-0.25, -0.2) is 0 Å². The summed E-state index contributed by atoms with van der Waals surface area (Å²) in [5.41, 5.74) is 6.16. The van der Waals surface area contributed by atoms with Gasteiger partial charge in [0.2, 0.25) is 5.91 Å². The van der Waals surface area contributed by atoms with E-state index in [-0.39, 0.29) is 30.4 Å². The Kier molecular flexibility index (Phi) is 7.81. The number of carbonyl (C=O) groups excluding carboxylic acids is 2. The molecule has 0 unspecified atom stereocenters. The number of aromatic nitrogens is 1. The maximum absolute atomic E-state index is 13.1. The second-order valence-electron chi connectivity index (χ2n) is 7.26. The highest BCUT2D eigenvalue weighted by Gasteiger charge is 2.31. The number of hydrogen-bond acceptors (Lipinski definition) is 4. The van der Waals surface area contributed by atoms with Gasteiger partial charge in [0.25, 0.3) is 5.91 Å². The molecule has 2 N–H and O–H groups in total. The van der Waals surface area contributed by atoms with Gasteiger partial charge in [-0.2, -0.15) is 0 Å². The third-order valence-corrected chi connectivity index (χ3v) is 6.20. The zero-order chi connectivity index (χ0) is 21.7. The molecule has 9 heteroatoms. The van der Waals surface area contributed by atoms with Crippen molar-refractivity contribution in [1.82, 2.24) is 9.88 Å². The van der Waals surface area contributed by atoms with Crippen molar-refractivity contribution in [2.45, 2.75) is 38.3 Å². The molecule has 0 saturated heterocycles. The number of halogens is 3. The van der Waals surface area contributed by atoms with Crippen LogP contribution in [0.25, 0.3) is 0 Å². The van der Waals surface area contributed by atoms with Crippen molar-refractivity contribution in [3.63, 3.8) is 0 Å². The van der Waals surface area contributed by atoms with Crippen molar-refractivity contribution in [2.24, 2.45) is 11.7 Å². The molecule has 2 aromatic rings. The van der Waals surface area contributed by atoms with Crippen molar-refractivity contribution < 1.29 is 14.3 Å². The van der Waals surface area contributed by atoms with E-state index in [0.717, 1.165) is 5.69 Å². The quantitative estimate of drug-likeness (QED) is 0.646. The maximum atomic E-state index is 13.1. The molecule has 0 radical (unpaired) electrons. The van der Waals surface area contributed by atoms with Crippen LogP contribution < -0.4 is 10.5 Å². The van der Waals surface area contributed by atoms with Gasteiger partial charge >= 0.3 is 0 Å². The highest BCUT2D eigenvalue weighted by molar-refractivity contribution is 6.42. The van der Waals surface area contributed by atoms with E-state index >= 15 is 0 Å². The van der Waals surface area contributed by atoms with Gasteiger partial charge in [0.05, 0.1) is 27.3 Å². The van der Waals surface area contributed by atoms with Crippen molar-refractivity contribution in [1.29, 1.82) is 0 Å². The van der Waals surface area contributed by atoms with Crippen LogP contribution in [0.2, 0.25) is 15.1 Å². The molecule has 1 aromatic heterocycles. The Morgan fingerprint density at radius 2 is 1.80 bits per heavy atom. The lowest BCUT2D eigenvalue weighted by molar-refractivity contribution is -0.137. The molecule has 0 atom stereocenters. The van der Waals surface area contributed by atoms with Crippen LogP contribution in [0.4, 0.5) is 0 Å². The maximum Gasteiger partial charge on any atom is 0.261 e. The van der Waals surface area contributed by atoms with Crippen LogP contribution >= 0.6 is 34.8 Å². The number of nitrogens with two attached hydrogens (primary N) is 1. The molecule has 2 amide bonds. The van der Waals surface area contributed by atoms with E-state index < -0.39 is 0 Å². The standard InChI is InChI=1S/C21H22Cl3N3O3/c22-14-3-4-15(26-10-14)11-27(16-5-1-13(2-6-16)21(25)29)20(28)12-30-17-7-8-18(23)19(24)9-17/h3-4,7-10,13,16H,1-2,5-6,11-12H2,(H2,25,29). The first-order chi connectivity index (χ1) is 14.3. The average Bonchev–Trinajstić information content (AvgIpc) is 2.74. The van der Waals surface area contributed by atoms with Crippen LogP contribution in [0, 0.1) is 5.92 Å². The fraction of sp³-hybridized carbons (Fsp3) is 0.381. The number of amides is 2. The smallest absolute Gasteiger partial charge is 0.261 e. The fourth-order valence-corrected chi connectivity index (χ4v) is 3.96. The Morgan fingerprint density at radius 3 is 2.40 bits per heavy atom. The molecule has 160 valence electrons. The Morgan fingerprint density at radius 1 is 1.07 bits per heavy atom. The predicted octanol–water partition coefficient (Wildman–Crippen LogP) is 4.49. The molecular weight excluding hydrogens is 449 g/mol. The Hall–Kier alpha value is -2.02. The van der Waals surface area contributed by atoms with Crippen LogP contribution in [0.15, 0.2) is 36.5 Å². The lowest BCUT2D eigenvalue weighted by Gasteiger charge is -2.36. The molecule has 1 saturated carbocycles. The van der Waals surface area contributed by atoms with Gasteiger partial charge in [0, 0.05) is 24.2 Å². The summed E-state index contributed by atoms with van der Waals surface area (Å²) < 4.78 is 5.64. The third-order valence-electron chi connectivity index (χ3n) is 5.23. The molecule has 0 aliphatic heterocycles. The third kappa shape index (κ3) is 6.00. The van der Waals surface area contributed by atoms with E-state index in [1.54, 1.807) is 41.4 Å². The molecule has 30 heavy (non-hydrogen) atoms. The summed E-state index contributed by atoms with van der Waals surface area (Å²) in [6.07, 6.45) is 4.26. The molecule has 6 nitrogen and oxygen atoms in total. The lowest BCUT2D eigenvalue weighted by Crippen LogP contribution is -2.45. The molecule has 1 heterocycles. The van der Waals surface area contributed by atoms with Gasteiger partial charge in [0.1, 0.15) is 5.75 Å². The lowest BCUT2D eigenvalue weighted by atomic mass is 9.85. The summed E-state index contributed by atoms with van der Waals surface area (Å²) in [5, 5.41) is 1.30. The van der Waals surface area contributed by atoms with Crippen LogP contribution in [0.5, 0.6) is 5.75 Å². The van der Waals surface area contributed by atoms with Gasteiger partial charge in [-0.1, -0.05) is 34.8 Å². The van der Waals surface area contributed by atoms with Crippen LogP contribution in [-0.2, 0) is 16.1 Å². The molecule has 1 fully saturated rings. The summed E-state index contributed by atoms with van der Waals surface area (Å²) in [6.45, 7) is 0.175. The molecular formula is C21H22Cl3N3O3. The Labute approximate surface area is 190 Å². The minimum Gasteiger partial charge on any atom is -0.484 e. The minimum absolute atomic E-state index is 0.0250. The Balaban J connectivity index is 1.70. The van der Waals surface area contributed by atoms with E-state index in [4.69, 9.17) is 45.3 Å². The number of ether oxygens (including phenoxy) is 1. The second kappa shape index (κ2) is 10.3. The van der Waals surface area contributed by atoms with Crippen LogP contribution in [0.1, 0.15) is 31.4 Å². The number of benzene rings is 1. The summed E-state index contributed by atoms with van der Waals surface area (Å²) >= 11 is 17.8. The monoisotopic (exact) mass is 469 g/mol. The van der Waals surface area contributed by atoms with Crippen molar-refractivity contribution >= 4 is 46.6 Å². The van der Waals surface area contributed by atoms with Gasteiger partial charge in [-0.05, 0) is 49.9 Å². The van der Waals surface area contributed by atoms with Gasteiger partial charge < -0.3 is 15.4 Å². The number of nitrogens with zero attached hydrogens (tertiary/aromatic N) is 2. The first-order valence-electron chi connectivity index (χ1n) is 9.60. The van der Waals surface area contributed by atoms with E-state index in [1.807, 2.05) is 0 Å². The molecule has 1 aromatic carbocycles. The molecule has 0 bridgehead atoms. The number of pyridine rings is 1. The number of primary amides is 1. The van der Waals surface area contributed by atoms with Crippen molar-refractivity contribution in [3.05, 3.63) is 57.3 Å². The van der Waals surface area contributed by atoms with E-state index in [0.29, 0.717) is 53.0 Å². The topological polar surface area (TPSA) is 85.5 Å². The van der Waals surface area contributed by atoms with Crippen molar-refractivity contribution in [3.8, 4) is 5.75 Å². The number of carbonyl (C=O) groups is 2. The Bertz CT molecular complexity index is 900. The normalized spacial score (nSPS) is 18.6. The molecule has 1 aliphatic carbocycles. The first-order valence-corrected chi connectivity index (χ1v) is 10.7. The van der Waals surface area contributed by atoms with Crippen LogP contribution in [-0.4, -0.2) is 34.3 Å². The van der Waals surface area contributed by atoms with E-state index in [2.05, 4.69) is 4.98 Å². The second-order valence-corrected chi connectivity index (χ2v) is 8.51. The number of rotatable bonds is 7. The van der Waals surface area contributed by atoms with Crippen molar-refractivity contribution in [2.75, 3.05) is 6.61 Å². The highest BCUT2D eigenvalue weighted by atomic mass is 35.5. The van der Waals surface area contributed by atoms with E-state index in [9.17, 15) is 9.59 Å². The van der Waals surface area contributed by atoms with Gasteiger partial charge in [-0.15, -0.1) is 0 Å². The van der Waals surface area contributed by atoms with Crippen LogP contribution in [0.3, 0.4) is 0 Å². The summed E-state index contributed by atoms with van der Waals surface area (Å²) in [4.78, 5) is 30.6. The summed E-state index contributed by atoms with van der Waals surface area (Å²) in [6, 6.07) is 8.35. The van der Waals surface area contributed by atoms with Gasteiger partial charge in [0.15, 0.2) is 6.61 Å². The largest absolute Gasteiger partial charge is 0.484 e. The minimum atomic E-state index is -0.284. The van der Waals surface area contributed by atoms with Gasteiger partial charge in [-0.3, -0.25) is 14.6 Å². The molecule has 0 spiro atoms. The molecule has 3 rings (SSSR count). The summed E-state index contributed by atoms with van der Waals surface area (Å²) in [5.74, 6) is -0.145. The summed E-state index contributed by atoms with van der Waals surface area (Å²) in [7, 11) is 0. The fourth-order valence-electron chi connectivity index (χ4n) is 3.56. The molecule has 1 aliphatic rings. The SMILES string of the molecule is NC(=O)C1CCC(N(Cc2ccc(Cl)cn2)C(=O)COc2ccc(Cl)c(Cl)c2)CC1. The average molecular weight is 471 g/mol. The zero-order valence-electron chi connectivity index (χ0n) is 16.2. The van der Waals surface area contributed by atoms with E-state index in [1.165, 1.54) is 0 Å². The zero-order valence-corrected chi connectivity index (χ0v) is 18.5. The highest BCUT2D eigenvalue weighted by Crippen LogP contribution is 2.29. The number of hydrogen-bond donors (Lipinski definition) is 1. The predicted molar refractivity (Wildman–Crippen MR) is 117 cm³/mol.